The van der Waals surface area contributed by atoms with E-state index in [1.54, 1.807) is 0 Å². The van der Waals surface area contributed by atoms with E-state index in [1.165, 1.54) is 5.56 Å². The average Bonchev–Trinajstić information content (AvgIpc) is 2.21. The third-order valence-electron chi connectivity index (χ3n) is 1.92. The molecule has 0 aromatic heterocycles. The molecule has 0 heterocycles. The number of aryl methyl sites for hydroxylation is 1. The normalized spacial score (nSPS) is 9.57. The molecule has 6 N–H and O–H groups in total. The summed E-state index contributed by atoms with van der Waals surface area (Å²) in [6.07, 6.45) is 0.497. The number of benzene rings is 1. The summed E-state index contributed by atoms with van der Waals surface area (Å²) in [4.78, 5) is 0. The van der Waals surface area contributed by atoms with Crippen LogP contribution in [0, 0.1) is 0 Å². The molecule has 1 aromatic rings. The third kappa shape index (κ3) is 3.36. The minimum absolute atomic E-state index is 0.475. The zero-order valence-corrected chi connectivity index (χ0v) is 9.25. The molecule has 3 nitrogen and oxygen atoms in total. The molecule has 1 rings (SSSR count). The second kappa shape index (κ2) is 6.40. The van der Waals surface area contributed by atoms with Crippen LogP contribution in [0.3, 0.4) is 0 Å². The van der Waals surface area contributed by atoms with Gasteiger partial charge in [0.05, 0.1) is 6.17 Å². The quantitative estimate of drug-likeness (QED) is 0.497. The average molecular weight is 195 g/mol. The summed E-state index contributed by atoms with van der Waals surface area (Å²) in [6, 6.07) is 5.79. The Morgan fingerprint density at radius 1 is 1.21 bits per heavy atom. The highest BCUT2D eigenvalue weighted by Crippen LogP contribution is 2.17. The summed E-state index contributed by atoms with van der Waals surface area (Å²) in [5, 5.41) is 0. The van der Waals surface area contributed by atoms with Crippen molar-refractivity contribution in [3.8, 4) is 0 Å². The fourth-order valence-electron chi connectivity index (χ4n) is 1.13. The standard InChI is InChI=1S/C9H15N3.C2H6/c1-2-6-3-4-8(10)7(5-6)9(11)12;1-2/h3-5,9H,2,10-12H2,1H3;1-2H3. The van der Waals surface area contributed by atoms with Crippen LogP contribution in [0.2, 0.25) is 0 Å². The van der Waals surface area contributed by atoms with E-state index in [-0.39, 0.29) is 0 Å². The van der Waals surface area contributed by atoms with Gasteiger partial charge in [0.2, 0.25) is 0 Å². The second-order valence-electron chi connectivity index (χ2n) is 2.84. The van der Waals surface area contributed by atoms with E-state index in [9.17, 15) is 0 Å². The molecule has 0 radical (unpaired) electrons. The second-order valence-corrected chi connectivity index (χ2v) is 2.84. The molecule has 0 amide bonds. The molecular formula is C11H21N3. The number of hydrogen-bond acceptors (Lipinski definition) is 3. The van der Waals surface area contributed by atoms with Crippen LogP contribution in [-0.2, 0) is 6.42 Å². The lowest BCUT2D eigenvalue weighted by atomic mass is 10.1. The van der Waals surface area contributed by atoms with Crippen LogP contribution in [0.4, 0.5) is 5.69 Å². The van der Waals surface area contributed by atoms with E-state index >= 15 is 0 Å². The van der Waals surface area contributed by atoms with Gasteiger partial charge >= 0.3 is 0 Å². The van der Waals surface area contributed by atoms with Crippen LogP contribution in [0.1, 0.15) is 38.1 Å². The van der Waals surface area contributed by atoms with Crippen molar-refractivity contribution in [1.82, 2.24) is 0 Å². The van der Waals surface area contributed by atoms with Crippen molar-refractivity contribution in [1.29, 1.82) is 0 Å². The summed E-state index contributed by atoms with van der Waals surface area (Å²) in [5.74, 6) is 0. The first-order chi connectivity index (χ1) is 6.65. The molecule has 0 bridgehead atoms. The predicted octanol–water partition coefficient (Wildman–Crippen LogP) is 1.77. The Bertz CT molecular complexity index is 269. The number of hydrogen-bond donors (Lipinski definition) is 3. The molecule has 0 aliphatic heterocycles. The molecule has 0 aliphatic rings. The van der Waals surface area contributed by atoms with E-state index in [2.05, 4.69) is 6.92 Å². The van der Waals surface area contributed by atoms with E-state index < -0.39 is 6.17 Å². The van der Waals surface area contributed by atoms with Gasteiger partial charge in [0.15, 0.2) is 0 Å². The van der Waals surface area contributed by atoms with E-state index in [0.29, 0.717) is 5.69 Å². The Morgan fingerprint density at radius 3 is 2.21 bits per heavy atom. The molecule has 0 unspecified atom stereocenters. The number of nitrogens with two attached hydrogens (primary N) is 3. The smallest absolute Gasteiger partial charge is 0.0804 e. The van der Waals surface area contributed by atoms with Crippen LogP contribution in [0.15, 0.2) is 18.2 Å². The Hall–Kier alpha value is -1.06. The summed E-state index contributed by atoms with van der Waals surface area (Å²) >= 11 is 0. The van der Waals surface area contributed by atoms with Crippen LogP contribution in [0.5, 0.6) is 0 Å². The van der Waals surface area contributed by atoms with Crippen molar-refractivity contribution in [2.24, 2.45) is 11.5 Å². The first-order valence-corrected chi connectivity index (χ1v) is 5.04. The van der Waals surface area contributed by atoms with Gasteiger partial charge in [0, 0.05) is 11.3 Å². The van der Waals surface area contributed by atoms with Crippen LogP contribution in [-0.4, -0.2) is 0 Å². The van der Waals surface area contributed by atoms with Gasteiger partial charge in [-0.2, -0.15) is 0 Å². The lowest BCUT2D eigenvalue weighted by molar-refractivity contribution is 0.774. The van der Waals surface area contributed by atoms with Gasteiger partial charge in [0.25, 0.3) is 0 Å². The Balaban J connectivity index is 0.000000791. The molecule has 0 spiro atoms. The highest BCUT2D eigenvalue weighted by Gasteiger charge is 2.04. The molecule has 0 saturated carbocycles. The van der Waals surface area contributed by atoms with Gasteiger partial charge in [-0.25, -0.2) is 0 Å². The van der Waals surface area contributed by atoms with Crippen molar-refractivity contribution < 1.29 is 0 Å². The maximum absolute atomic E-state index is 5.69. The fourth-order valence-corrected chi connectivity index (χ4v) is 1.13. The van der Waals surface area contributed by atoms with E-state index in [0.717, 1.165) is 12.0 Å². The topological polar surface area (TPSA) is 78.1 Å². The molecule has 3 heteroatoms. The van der Waals surface area contributed by atoms with Gasteiger partial charge in [-0.1, -0.05) is 32.9 Å². The van der Waals surface area contributed by atoms with Gasteiger partial charge in [-0.05, 0) is 18.1 Å². The Labute approximate surface area is 86.3 Å². The van der Waals surface area contributed by atoms with Gasteiger partial charge in [-0.15, -0.1) is 0 Å². The summed E-state index contributed by atoms with van der Waals surface area (Å²) in [6.45, 7) is 6.08. The Kier molecular flexibility index (Phi) is 5.92. The number of nitrogen functional groups attached to an aromatic ring is 1. The van der Waals surface area contributed by atoms with Gasteiger partial charge < -0.3 is 17.2 Å². The molecule has 1 aromatic carbocycles. The lowest BCUT2D eigenvalue weighted by Gasteiger charge is -2.10. The van der Waals surface area contributed by atoms with Crippen molar-refractivity contribution in [2.75, 3.05) is 5.73 Å². The monoisotopic (exact) mass is 195 g/mol. The molecular weight excluding hydrogens is 174 g/mol. The van der Waals surface area contributed by atoms with Gasteiger partial charge in [0.1, 0.15) is 0 Å². The summed E-state index contributed by atoms with van der Waals surface area (Å²) < 4.78 is 0. The maximum Gasteiger partial charge on any atom is 0.0804 e. The molecule has 0 aliphatic carbocycles. The highest BCUT2D eigenvalue weighted by atomic mass is 14.9. The van der Waals surface area contributed by atoms with Crippen molar-refractivity contribution in [2.45, 2.75) is 33.4 Å². The predicted molar refractivity (Wildman–Crippen MR) is 62.7 cm³/mol. The maximum atomic E-state index is 5.69. The molecule has 0 fully saturated rings. The Morgan fingerprint density at radius 2 is 1.79 bits per heavy atom. The summed E-state index contributed by atoms with van der Waals surface area (Å²) in [7, 11) is 0. The van der Waals surface area contributed by atoms with Crippen LogP contribution in [0.25, 0.3) is 0 Å². The molecule has 0 atom stereocenters. The van der Waals surface area contributed by atoms with Crippen molar-refractivity contribution in [3.05, 3.63) is 29.3 Å². The molecule has 14 heavy (non-hydrogen) atoms. The highest BCUT2D eigenvalue weighted by molar-refractivity contribution is 5.49. The lowest BCUT2D eigenvalue weighted by Crippen LogP contribution is -2.21. The first-order valence-electron chi connectivity index (χ1n) is 5.04. The first kappa shape index (κ1) is 12.9. The fraction of sp³-hybridized carbons (Fsp3) is 0.455. The van der Waals surface area contributed by atoms with Crippen LogP contribution < -0.4 is 17.2 Å². The number of rotatable bonds is 2. The number of anilines is 1. The SMILES string of the molecule is CC.CCc1ccc(N)c(C(N)N)c1. The zero-order chi connectivity index (χ0) is 11.1. The molecule has 80 valence electrons. The summed E-state index contributed by atoms with van der Waals surface area (Å²) in [5.41, 5.74) is 19.5. The molecule has 0 saturated heterocycles. The minimum atomic E-state index is -0.475. The van der Waals surface area contributed by atoms with Gasteiger partial charge in [-0.3, -0.25) is 0 Å². The van der Waals surface area contributed by atoms with Crippen LogP contribution >= 0.6 is 0 Å². The van der Waals surface area contributed by atoms with Crippen molar-refractivity contribution >= 4 is 5.69 Å². The minimum Gasteiger partial charge on any atom is -0.398 e. The third-order valence-corrected chi connectivity index (χ3v) is 1.92. The zero-order valence-electron chi connectivity index (χ0n) is 9.25. The van der Waals surface area contributed by atoms with Crippen molar-refractivity contribution in [3.63, 3.8) is 0 Å². The van der Waals surface area contributed by atoms with E-state index in [4.69, 9.17) is 17.2 Å². The van der Waals surface area contributed by atoms with E-state index in [1.807, 2.05) is 32.0 Å². The largest absolute Gasteiger partial charge is 0.398 e.